The van der Waals surface area contributed by atoms with Gasteiger partial charge in [-0.05, 0) is 42.5 Å². The first-order valence-corrected chi connectivity index (χ1v) is 12.2. The molecule has 2 fully saturated rings. The molecule has 0 radical (unpaired) electrons. The quantitative estimate of drug-likeness (QED) is 0.569. The minimum atomic E-state index is -1.000. The summed E-state index contributed by atoms with van der Waals surface area (Å²) < 4.78 is 16.5. The highest BCUT2D eigenvalue weighted by atomic mass is 35.5. The van der Waals surface area contributed by atoms with Gasteiger partial charge < -0.3 is 24.4 Å². The van der Waals surface area contributed by atoms with E-state index < -0.39 is 11.8 Å². The third-order valence-electron chi connectivity index (χ3n) is 6.63. The lowest BCUT2D eigenvalue weighted by Gasteiger charge is -2.44. The largest absolute Gasteiger partial charge is 0.497 e. The van der Waals surface area contributed by atoms with Gasteiger partial charge in [0, 0.05) is 55.7 Å². The summed E-state index contributed by atoms with van der Waals surface area (Å²) in [6.45, 7) is 1.50. The van der Waals surface area contributed by atoms with Crippen LogP contribution in [0.4, 0.5) is 0 Å². The lowest BCUT2D eigenvalue weighted by molar-refractivity contribution is -0.128. The molecule has 2 aliphatic rings. The van der Waals surface area contributed by atoms with Gasteiger partial charge in [-0.15, -0.1) is 0 Å². The van der Waals surface area contributed by atoms with Gasteiger partial charge in [-0.2, -0.15) is 0 Å². The molecule has 0 aromatic heterocycles. The normalized spacial score (nSPS) is 18.8. The van der Waals surface area contributed by atoms with Crippen LogP contribution in [0, 0.1) is 0 Å². The Morgan fingerprint density at radius 3 is 2.44 bits per heavy atom. The molecule has 36 heavy (non-hydrogen) atoms. The third-order valence-corrected chi connectivity index (χ3v) is 6.88. The fourth-order valence-corrected chi connectivity index (χ4v) is 4.82. The Morgan fingerprint density at radius 2 is 1.78 bits per heavy atom. The van der Waals surface area contributed by atoms with Crippen LogP contribution >= 0.6 is 11.6 Å². The Labute approximate surface area is 215 Å². The smallest absolute Gasteiger partial charge is 0.257 e. The summed E-state index contributed by atoms with van der Waals surface area (Å²) in [6.07, 6.45) is 0.758. The van der Waals surface area contributed by atoms with Gasteiger partial charge in [0.1, 0.15) is 17.5 Å². The average molecular weight is 516 g/mol. The molecule has 9 nitrogen and oxygen atoms in total. The molecule has 1 atom stereocenters. The van der Waals surface area contributed by atoms with E-state index in [1.807, 2.05) is 0 Å². The van der Waals surface area contributed by atoms with E-state index in [0.717, 1.165) is 0 Å². The van der Waals surface area contributed by atoms with Crippen molar-refractivity contribution >= 4 is 29.3 Å². The van der Waals surface area contributed by atoms with Gasteiger partial charge in [0.2, 0.25) is 5.91 Å². The predicted molar refractivity (Wildman–Crippen MR) is 133 cm³/mol. The van der Waals surface area contributed by atoms with E-state index in [4.69, 9.17) is 25.8 Å². The third kappa shape index (κ3) is 5.33. The van der Waals surface area contributed by atoms with E-state index in [1.54, 1.807) is 65.4 Å². The first-order valence-electron chi connectivity index (χ1n) is 11.8. The zero-order valence-corrected chi connectivity index (χ0v) is 21.1. The molecule has 10 heteroatoms. The van der Waals surface area contributed by atoms with E-state index >= 15 is 0 Å². The summed E-state index contributed by atoms with van der Waals surface area (Å²) in [5.74, 6) is -0.200. The SMILES string of the molecule is COCCNC(=O)[C@@H]1COC2(CCN(C(=O)c3ccc(Cl)cc3)CC2)N1C(=O)c1cccc(OC)c1. The fourth-order valence-electron chi connectivity index (χ4n) is 4.69. The summed E-state index contributed by atoms with van der Waals surface area (Å²) in [5, 5.41) is 3.38. The number of piperidine rings is 1. The van der Waals surface area contributed by atoms with E-state index in [0.29, 0.717) is 61.0 Å². The molecule has 2 aromatic rings. The van der Waals surface area contributed by atoms with Crippen LogP contribution in [0.15, 0.2) is 48.5 Å². The van der Waals surface area contributed by atoms with Crippen molar-refractivity contribution in [2.24, 2.45) is 0 Å². The van der Waals surface area contributed by atoms with Crippen molar-refractivity contribution in [3.8, 4) is 5.75 Å². The number of carbonyl (C=O) groups is 3. The minimum absolute atomic E-state index is 0.0691. The van der Waals surface area contributed by atoms with Crippen LogP contribution in [0.2, 0.25) is 5.02 Å². The Bertz CT molecular complexity index is 1100. The second kappa shape index (κ2) is 11.3. The monoisotopic (exact) mass is 515 g/mol. The molecule has 0 saturated carbocycles. The van der Waals surface area contributed by atoms with Gasteiger partial charge in [-0.25, -0.2) is 0 Å². The maximum absolute atomic E-state index is 13.8. The number of nitrogens with one attached hydrogen (secondary N) is 1. The molecule has 4 rings (SSSR count). The molecule has 1 spiro atoms. The topological polar surface area (TPSA) is 97.4 Å². The number of halogens is 1. The Kier molecular flexibility index (Phi) is 8.13. The van der Waals surface area contributed by atoms with Crippen molar-refractivity contribution < 1.29 is 28.6 Å². The Morgan fingerprint density at radius 1 is 1.06 bits per heavy atom. The number of methoxy groups -OCH3 is 2. The lowest BCUT2D eigenvalue weighted by atomic mass is 9.96. The summed E-state index contributed by atoms with van der Waals surface area (Å²) in [7, 11) is 3.08. The zero-order valence-electron chi connectivity index (χ0n) is 20.4. The molecular weight excluding hydrogens is 486 g/mol. The van der Waals surface area contributed by atoms with Crippen molar-refractivity contribution in [1.29, 1.82) is 0 Å². The lowest BCUT2D eigenvalue weighted by Crippen LogP contribution is -2.60. The highest BCUT2D eigenvalue weighted by Gasteiger charge is 2.54. The van der Waals surface area contributed by atoms with Crippen LogP contribution in [-0.4, -0.2) is 86.4 Å². The van der Waals surface area contributed by atoms with Gasteiger partial charge in [-0.3, -0.25) is 19.3 Å². The average Bonchev–Trinajstić information content (AvgIpc) is 3.27. The van der Waals surface area contributed by atoms with Crippen LogP contribution in [0.1, 0.15) is 33.6 Å². The molecule has 192 valence electrons. The van der Waals surface area contributed by atoms with Crippen LogP contribution in [0.5, 0.6) is 5.75 Å². The number of ether oxygens (including phenoxy) is 3. The van der Waals surface area contributed by atoms with Crippen LogP contribution < -0.4 is 10.1 Å². The molecule has 3 amide bonds. The summed E-state index contributed by atoms with van der Waals surface area (Å²) in [6, 6.07) is 12.8. The molecule has 2 aromatic carbocycles. The Balaban J connectivity index is 1.56. The molecule has 2 heterocycles. The maximum Gasteiger partial charge on any atom is 0.257 e. The number of nitrogens with zero attached hydrogens (tertiary/aromatic N) is 2. The van der Waals surface area contributed by atoms with Crippen molar-refractivity contribution in [3.05, 3.63) is 64.7 Å². The number of hydrogen-bond acceptors (Lipinski definition) is 6. The van der Waals surface area contributed by atoms with Crippen molar-refractivity contribution in [2.45, 2.75) is 24.6 Å². The second-order valence-corrected chi connectivity index (χ2v) is 9.20. The highest BCUT2D eigenvalue weighted by molar-refractivity contribution is 6.30. The molecule has 1 N–H and O–H groups in total. The minimum Gasteiger partial charge on any atom is -0.497 e. The first kappa shape index (κ1) is 25.9. The molecule has 0 unspecified atom stereocenters. The van der Waals surface area contributed by atoms with Crippen molar-refractivity contribution in [2.75, 3.05) is 47.1 Å². The van der Waals surface area contributed by atoms with Gasteiger partial charge >= 0.3 is 0 Å². The number of carbonyl (C=O) groups excluding carboxylic acids is 3. The van der Waals surface area contributed by atoms with Crippen LogP contribution in [-0.2, 0) is 14.3 Å². The van der Waals surface area contributed by atoms with Gasteiger partial charge in [-0.1, -0.05) is 17.7 Å². The van der Waals surface area contributed by atoms with E-state index in [1.165, 1.54) is 7.11 Å². The molecule has 0 aliphatic carbocycles. The van der Waals surface area contributed by atoms with Crippen molar-refractivity contribution in [3.63, 3.8) is 0 Å². The molecule has 2 saturated heterocycles. The Hall–Kier alpha value is -3.14. The standard InChI is InChI=1S/C26H30ClN3O6/c1-34-15-12-28-23(31)22-17-36-26(30(22)25(33)19-4-3-5-21(16-19)35-2)10-13-29(14-11-26)24(32)18-6-8-20(27)9-7-18/h3-9,16,22H,10-15,17H2,1-2H3,(H,28,31)/t22-/m0/s1. The molecular formula is C26H30ClN3O6. The maximum atomic E-state index is 13.8. The van der Waals surface area contributed by atoms with Crippen LogP contribution in [0.3, 0.4) is 0 Å². The van der Waals surface area contributed by atoms with E-state index in [2.05, 4.69) is 5.32 Å². The predicted octanol–water partition coefficient (Wildman–Crippen LogP) is 2.58. The number of benzene rings is 2. The van der Waals surface area contributed by atoms with Gasteiger partial charge in [0.25, 0.3) is 11.8 Å². The fraction of sp³-hybridized carbons (Fsp3) is 0.423. The number of hydrogen-bond donors (Lipinski definition) is 1. The molecule has 0 bridgehead atoms. The first-order chi connectivity index (χ1) is 17.4. The van der Waals surface area contributed by atoms with Crippen molar-refractivity contribution in [1.82, 2.24) is 15.1 Å². The van der Waals surface area contributed by atoms with E-state index in [-0.39, 0.29) is 24.3 Å². The number of rotatable bonds is 7. The number of likely N-dealkylation sites (tertiary alicyclic amines) is 1. The van der Waals surface area contributed by atoms with E-state index in [9.17, 15) is 14.4 Å². The van der Waals surface area contributed by atoms with Crippen LogP contribution in [0.25, 0.3) is 0 Å². The summed E-state index contributed by atoms with van der Waals surface area (Å²) in [5.41, 5.74) is -0.0591. The number of amides is 3. The second-order valence-electron chi connectivity index (χ2n) is 8.76. The van der Waals surface area contributed by atoms with Gasteiger partial charge in [0.15, 0.2) is 0 Å². The zero-order chi connectivity index (χ0) is 25.7. The molecule has 2 aliphatic heterocycles. The summed E-state index contributed by atoms with van der Waals surface area (Å²) in [4.78, 5) is 43.2. The van der Waals surface area contributed by atoms with Gasteiger partial charge in [0.05, 0.1) is 20.3 Å². The highest BCUT2D eigenvalue weighted by Crippen LogP contribution is 2.39. The summed E-state index contributed by atoms with van der Waals surface area (Å²) >= 11 is 5.95.